The molecule has 104 valence electrons. The fourth-order valence-electron chi connectivity index (χ4n) is 1.95. The minimum atomic E-state index is 0.562. The smallest absolute Gasteiger partial charge is 0.191 e. The number of benzene rings is 1. The molecule has 0 aliphatic carbocycles. The van der Waals surface area contributed by atoms with Crippen LogP contribution >= 0.6 is 23.2 Å². The van der Waals surface area contributed by atoms with Crippen molar-refractivity contribution in [3.8, 4) is 0 Å². The molecule has 2 N–H and O–H groups in total. The van der Waals surface area contributed by atoms with Crippen LogP contribution in [0.15, 0.2) is 23.2 Å². The molecule has 1 aromatic carbocycles. The molecule has 4 nitrogen and oxygen atoms in total. The Morgan fingerprint density at radius 1 is 1.26 bits per heavy atom. The Morgan fingerprint density at radius 3 is 2.53 bits per heavy atom. The summed E-state index contributed by atoms with van der Waals surface area (Å²) in [6.45, 7) is 3.57. The van der Waals surface area contributed by atoms with Gasteiger partial charge in [0.15, 0.2) is 5.96 Å². The van der Waals surface area contributed by atoms with E-state index < -0.39 is 0 Å². The molecule has 1 saturated heterocycles. The van der Waals surface area contributed by atoms with Gasteiger partial charge in [0.05, 0.1) is 13.2 Å². The molecule has 6 heteroatoms. The molecule has 1 heterocycles. The zero-order chi connectivity index (χ0) is 13.7. The van der Waals surface area contributed by atoms with Crippen LogP contribution in [0.3, 0.4) is 0 Å². The molecule has 0 spiro atoms. The Morgan fingerprint density at radius 2 is 1.89 bits per heavy atom. The van der Waals surface area contributed by atoms with Crippen molar-refractivity contribution >= 4 is 29.2 Å². The number of halogens is 2. The van der Waals surface area contributed by atoms with Crippen LogP contribution in [0.25, 0.3) is 0 Å². The fourth-order valence-corrected chi connectivity index (χ4v) is 2.53. The van der Waals surface area contributed by atoms with Gasteiger partial charge in [0.1, 0.15) is 0 Å². The molecule has 2 rings (SSSR count). The van der Waals surface area contributed by atoms with E-state index in [-0.39, 0.29) is 0 Å². The van der Waals surface area contributed by atoms with Crippen molar-refractivity contribution in [2.75, 3.05) is 32.8 Å². The van der Waals surface area contributed by atoms with E-state index in [1.807, 2.05) is 23.1 Å². The summed E-state index contributed by atoms with van der Waals surface area (Å²) in [5.74, 6) is 0.562. The number of rotatable bonds is 3. The SMILES string of the molecule is NC(=NCCc1c(Cl)cccc1Cl)N1CCOCC1. The fraction of sp³-hybridized carbons (Fsp3) is 0.462. The zero-order valence-corrected chi connectivity index (χ0v) is 12.1. The maximum Gasteiger partial charge on any atom is 0.191 e. The number of guanidine groups is 1. The largest absolute Gasteiger partial charge is 0.378 e. The van der Waals surface area contributed by atoms with Crippen LogP contribution in [-0.4, -0.2) is 43.7 Å². The highest BCUT2D eigenvalue weighted by atomic mass is 35.5. The lowest BCUT2D eigenvalue weighted by Crippen LogP contribution is -2.44. The van der Waals surface area contributed by atoms with Crippen LogP contribution < -0.4 is 5.73 Å². The Hall–Kier alpha value is -0.970. The third-order valence-electron chi connectivity index (χ3n) is 3.03. The van der Waals surface area contributed by atoms with Crippen molar-refractivity contribution in [1.82, 2.24) is 4.90 Å². The summed E-state index contributed by atoms with van der Waals surface area (Å²) in [4.78, 5) is 6.40. The van der Waals surface area contributed by atoms with Crippen LogP contribution in [0, 0.1) is 0 Å². The van der Waals surface area contributed by atoms with E-state index in [4.69, 9.17) is 33.7 Å². The summed E-state index contributed by atoms with van der Waals surface area (Å²) in [5.41, 5.74) is 6.86. The van der Waals surface area contributed by atoms with E-state index in [2.05, 4.69) is 4.99 Å². The first kappa shape index (κ1) is 14.4. The van der Waals surface area contributed by atoms with Gasteiger partial charge in [0.2, 0.25) is 0 Å². The molecule has 0 saturated carbocycles. The van der Waals surface area contributed by atoms with Gasteiger partial charge in [-0.1, -0.05) is 29.3 Å². The van der Waals surface area contributed by atoms with Crippen molar-refractivity contribution in [3.05, 3.63) is 33.8 Å². The second kappa shape index (κ2) is 6.98. The third kappa shape index (κ3) is 4.00. The molecule has 0 bridgehead atoms. The Labute approximate surface area is 123 Å². The number of aliphatic imine (C=N–C) groups is 1. The van der Waals surface area contributed by atoms with Crippen LogP contribution in [-0.2, 0) is 11.2 Å². The topological polar surface area (TPSA) is 50.8 Å². The lowest BCUT2D eigenvalue weighted by molar-refractivity contribution is 0.0674. The Bertz CT molecular complexity index is 439. The highest BCUT2D eigenvalue weighted by Gasteiger charge is 2.12. The number of nitrogens with zero attached hydrogens (tertiary/aromatic N) is 2. The first-order chi connectivity index (χ1) is 9.18. The molecule has 1 aromatic rings. The molecule has 1 aliphatic rings. The van der Waals surface area contributed by atoms with Gasteiger partial charge in [-0.15, -0.1) is 0 Å². The molecule has 0 atom stereocenters. The maximum atomic E-state index is 6.10. The van der Waals surface area contributed by atoms with Crippen molar-refractivity contribution in [2.24, 2.45) is 10.7 Å². The molecule has 0 radical (unpaired) electrons. The second-order valence-electron chi connectivity index (χ2n) is 4.29. The third-order valence-corrected chi connectivity index (χ3v) is 3.74. The molecule has 0 amide bonds. The summed E-state index contributed by atoms with van der Waals surface area (Å²) < 4.78 is 5.27. The summed E-state index contributed by atoms with van der Waals surface area (Å²) in [6, 6.07) is 5.50. The second-order valence-corrected chi connectivity index (χ2v) is 5.10. The summed E-state index contributed by atoms with van der Waals surface area (Å²) in [7, 11) is 0. The minimum Gasteiger partial charge on any atom is -0.378 e. The van der Waals surface area contributed by atoms with Crippen molar-refractivity contribution in [3.63, 3.8) is 0 Å². The van der Waals surface area contributed by atoms with Gasteiger partial charge in [-0.2, -0.15) is 0 Å². The van der Waals surface area contributed by atoms with Gasteiger partial charge in [0.25, 0.3) is 0 Å². The van der Waals surface area contributed by atoms with Crippen molar-refractivity contribution in [1.29, 1.82) is 0 Å². The summed E-state index contributed by atoms with van der Waals surface area (Å²) in [6.07, 6.45) is 0.684. The lowest BCUT2D eigenvalue weighted by Gasteiger charge is -2.27. The molecule has 1 aliphatic heterocycles. The molecule has 19 heavy (non-hydrogen) atoms. The number of ether oxygens (including phenoxy) is 1. The van der Waals surface area contributed by atoms with Gasteiger partial charge in [-0.25, -0.2) is 0 Å². The van der Waals surface area contributed by atoms with E-state index >= 15 is 0 Å². The van der Waals surface area contributed by atoms with Crippen LogP contribution in [0.1, 0.15) is 5.56 Å². The van der Waals surface area contributed by atoms with Gasteiger partial charge in [-0.05, 0) is 24.1 Å². The van der Waals surface area contributed by atoms with E-state index in [0.29, 0.717) is 42.2 Å². The van der Waals surface area contributed by atoms with Gasteiger partial charge >= 0.3 is 0 Å². The van der Waals surface area contributed by atoms with Gasteiger partial charge in [-0.3, -0.25) is 4.99 Å². The number of hydrogen-bond acceptors (Lipinski definition) is 2. The van der Waals surface area contributed by atoms with E-state index in [1.54, 1.807) is 0 Å². The van der Waals surface area contributed by atoms with Crippen molar-refractivity contribution < 1.29 is 4.74 Å². The number of hydrogen-bond donors (Lipinski definition) is 1. The Kier molecular flexibility index (Phi) is 5.31. The zero-order valence-electron chi connectivity index (χ0n) is 10.6. The van der Waals surface area contributed by atoms with E-state index in [1.165, 1.54) is 0 Å². The molecular formula is C13H17Cl2N3O. The highest BCUT2D eigenvalue weighted by Crippen LogP contribution is 2.24. The van der Waals surface area contributed by atoms with Gasteiger partial charge in [0, 0.05) is 29.7 Å². The number of morpholine rings is 1. The summed E-state index contributed by atoms with van der Waals surface area (Å²) >= 11 is 12.2. The van der Waals surface area contributed by atoms with Crippen LogP contribution in [0.5, 0.6) is 0 Å². The quantitative estimate of drug-likeness (QED) is 0.688. The first-order valence-electron chi connectivity index (χ1n) is 6.24. The normalized spacial score (nSPS) is 16.7. The van der Waals surface area contributed by atoms with Crippen molar-refractivity contribution in [2.45, 2.75) is 6.42 Å². The van der Waals surface area contributed by atoms with Crippen LogP contribution in [0.2, 0.25) is 10.0 Å². The first-order valence-corrected chi connectivity index (χ1v) is 6.99. The monoisotopic (exact) mass is 301 g/mol. The average Bonchev–Trinajstić information content (AvgIpc) is 2.43. The predicted octanol–water partition coefficient (Wildman–Crippen LogP) is 2.18. The predicted molar refractivity (Wildman–Crippen MR) is 79.0 cm³/mol. The molecule has 1 fully saturated rings. The summed E-state index contributed by atoms with van der Waals surface area (Å²) in [5, 5.41) is 1.35. The van der Waals surface area contributed by atoms with Gasteiger partial charge < -0.3 is 15.4 Å². The minimum absolute atomic E-state index is 0.562. The highest BCUT2D eigenvalue weighted by molar-refractivity contribution is 6.35. The van der Waals surface area contributed by atoms with E-state index in [0.717, 1.165) is 18.7 Å². The molecule has 0 aromatic heterocycles. The maximum absolute atomic E-state index is 6.10. The average molecular weight is 302 g/mol. The van der Waals surface area contributed by atoms with Crippen LogP contribution in [0.4, 0.5) is 0 Å². The lowest BCUT2D eigenvalue weighted by atomic mass is 10.1. The standard InChI is InChI=1S/C13H17Cl2N3O/c14-11-2-1-3-12(15)10(11)4-5-17-13(16)18-6-8-19-9-7-18/h1-3H,4-9H2,(H2,16,17). The molecular weight excluding hydrogens is 285 g/mol. The van der Waals surface area contributed by atoms with E-state index in [9.17, 15) is 0 Å². The Balaban J connectivity index is 1.91. The number of nitrogens with two attached hydrogens (primary N) is 1. The molecule has 0 unspecified atom stereocenters.